The second kappa shape index (κ2) is 5.22. The predicted octanol–water partition coefficient (Wildman–Crippen LogP) is 0.519. The van der Waals surface area contributed by atoms with Gasteiger partial charge in [-0.2, -0.15) is 0 Å². The first-order chi connectivity index (χ1) is 8.07. The third-order valence-corrected chi connectivity index (χ3v) is 4.58. The van der Waals surface area contributed by atoms with Crippen LogP contribution in [0.4, 0.5) is 0 Å². The Balaban J connectivity index is 2.03. The fraction of sp³-hybridized carbons (Fsp3) is 1.00. The third kappa shape index (κ3) is 2.65. The van der Waals surface area contributed by atoms with Crippen molar-refractivity contribution in [2.75, 3.05) is 40.3 Å². The molecule has 2 fully saturated rings. The number of likely N-dealkylation sites (tertiary alicyclic amines) is 1. The van der Waals surface area contributed by atoms with E-state index in [1.807, 2.05) is 0 Å². The SMILES string of the molecule is CC1CC(CN)(N2CCC(N(C)C)C2)CCO1. The van der Waals surface area contributed by atoms with Crippen LogP contribution in [0.15, 0.2) is 0 Å². The Bertz CT molecular complexity index is 259. The smallest absolute Gasteiger partial charge is 0.0565 e. The molecule has 3 unspecified atom stereocenters. The topological polar surface area (TPSA) is 41.7 Å². The van der Waals surface area contributed by atoms with Gasteiger partial charge in [0, 0.05) is 37.8 Å². The molecule has 2 heterocycles. The molecule has 0 amide bonds. The fourth-order valence-corrected chi connectivity index (χ4v) is 3.34. The van der Waals surface area contributed by atoms with Crippen LogP contribution in [-0.2, 0) is 4.74 Å². The van der Waals surface area contributed by atoms with Gasteiger partial charge >= 0.3 is 0 Å². The Hall–Kier alpha value is -0.160. The van der Waals surface area contributed by atoms with Crippen LogP contribution >= 0.6 is 0 Å². The Morgan fingerprint density at radius 3 is 2.76 bits per heavy atom. The molecule has 0 aromatic heterocycles. The zero-order valence-corrected chi connectivity index (χ0v) is 11.5. The van der Waals surface area contributed by atoms with Crippen molar-refractivity contribution in [1.29, 1.82) is 0 Å². The van der Waals surface area contributed by atoms with Gasteiger partial charge in [-0.05, 0) is 40.3 Å². The van der Waals surface area contributed by atoms with E-state index in [2.05, 4.69) is 30.8 Å². The predicted molar refractivity (Wildman–Crippen MR) is 70.1 cm³/mol. The van der Waals surface area contributed by atoms with Gasteiger partial charge in [0.2, 0.25) is 0 Å². The van der Waals surface area contributed by atoms with E-state index in [1.165, 1.54) is 13.0 Å². The molecule has 0 radical (unpaired) electrons. The molecule has 0 aliphatic carbocycles. The zero-order valence-electron chi connectivity index (χ0n) is 11.5. The first-order valence-electron chi connectivity index (χ1n) is 6.80. The Morgan fingerprint density at radius 2 is 2.24 bits per heavy atom. The summed E-state index contributed by atoms with van der Waals surface area (Å²) in [6.07, 6.45) is 3.80. The highest BCUT2D eigenvalue weighted by Gasteiger charge is 2.42. The molecule has 17 heavy (non-hydrogen) atoms. The maximum absolute atomic E-state index is 6.09. The van der Waals surface area contributed by atoms with Crippen molar-refractivity contribution in [3.8, 4) is 0 Å². The summed E-state index contributed by atoms with van der Waals surface area (Å²) in [6, 6.07) is 0.691. The minimum absolute atomic E-state index is 0.197. The van der Waals surface area contributed by atoms with Crippen molar-refractivity contribution in [3.63, 3.8) is 0 Å². The van der Waals surface area contributed by atoms with E-state index < -0.39 is 0 Å². The maximum Gasteiger partial charge on any atom is 0.0565 e. The number of nitrogens with two attached hydrogens (primary N) is 1. The van der Waals surface area contributed by atoms with Crippen LogP contribution in [0, 0.1) is 0 Å². The molecule has 2 aliphatic heterocycles. The Morgan fingerprint density at radius 1 is 1.47 bits per heavy atom. The molecular formula is C13H27N3O. The molecule has 0 spiro atoms. The first kappa shape index (κ1) is 13.3. The molecule has 0 aromatic carbocycles. The van der Waals surface area contributed by atoms with Crippen LogP contribution in [0.3, 0.4) is 0 Å². The molecule has 0 aromatic rings. The second-order valence-corrected chi connectivity index (χ2v) is 5.92. The van der Waals surface area contributed by atoms with Gasteiger partial charge in [0.1, 0.15) is 0 Å². The molecule has 2 N–H and O–H groups in total. The lowest BCUT2D eigenvalue weighted by molar-refractivity contribution is -0.0580. The number of likely N-dealkylation sites (N-methyl/N-ethyl adjacent to an activating group) is 1. The van der Waals surface area contributed by atoms with Gasteiger partial charge < -0.3 is 15.4 Å². The van der Waals surface area contributed by atoms with Gasteiger partial charge in [-0.3, -0.25) is 4.90 Å². The van der Waals surface area contributed by atoms with Gasteiger partial charge in [-0.25, -0.2) is 0 Å². The van der Waals surface area contributed by atoms with Gasteiger partial charge in [0.25, 0.3) is 0 Å². The van der Waals surface area contributed by atoms with E-state index in [1.54, 1.807) is 0 Å². The van der Waals surface area contributed by atoms with E-state index in [0.29, 0.717) is 12.1 Å². The Kier molecular flexibility index (Phi) is 4.08. The fourth-order valence-electron chi connectivity index (χ4n) is 3.34. The lowest BCUT2D eigenvalue weighted by atomic mass is 9.85. The van der Waals surface area contributed by atoms with Crippen LogP contribution in [0.2, 0.25) is 0 Å². The Labute approximate surface area is 105 Å². The van der Waals surface area contributed by atoms with Crippen LogP contribution in [-0.4, -0.2) is 67.8 Å². The van der Waals surface area contributed by atoms with Crippen LogP contribution in [0.25, 0.3) is 0 Å². The highest BCUT2D eigenvalue weighted by molar-refractivity contribution is 4.99. The summed E-state index contributed by atoms with van der Waals surface area (Å²) in [5.74, 6) is 0. The van der Waals surface area contributed by atoms with Crippen molar-refractivity contribution >= 4 is 0 Å². The molecule has 0 saturated carbocycles. The number of ether oxygens (including phenoxy) is 1. The zero-order chi connectivity index (χ0) is 12.5. The third-order valence-electron chi connectivity index (χ3n) is 4.58. The van der Waals surface area contributed by atoms with E-state index >= 15 is 0 Å². The van der Waals surface area contributed by atoms with Crippen LogP contribution in [0.5, 0.6) is 0 Å². The van der Waals surface area contributed by atoms with E-state index in [0.717, 1.165) is 32.5 Å². The maximum atomic E-state index is 6.09. The second-order valence-electron chi connectivity index (χ2n) is 5.92. The number of hydrogen-bond acceptors (Lipinski definition) is 4. The summed E-state index contributed by atoms with van der Waals surface area (Å²) in [5, 5.41) is 0. The van der Waals surface area contributed by atoms with Gasteiger partial charge in [-0.1, -0.05) is 0 Å². The monoisotopic (exact) mass is 241 g/mol. The van der Waals surface area contributed by atoms with Gasteiger partial charge in [-0.15, -0.1) is 0 Å². The summed E-state index contributed by atoms with van der Waals surface area (Å²) in [7, 11) is 4.35. The highest BCUT2D eigenvalue weighted by Crippen LogP contribution is 2.33. The molecule has 4 nitrogen and oxygen atoms in total. The number of nitrogens with zero attached hydrogens (tertiary/aromatic N) is 2. The van der Waals surface area contributed by atoms with Gasteiger partial charge in [0.15, 0.2) is 0 Å². The number of hydrogen-bond donors (Lipinski definition) is 1. The normalized spacial score (nSPS) is 40.1. The molecule has 2 rings (SSSR count). The lowest BCUT2D eigenvalue weighted by Gasteiger charge is -2.46. The molecule has 100 valence electrons. The molecule has 2 saturated heterocycles. The average Bonchev–Trinajstić information content (AvgIpc) is 2.78. The molecule has 4 heteroatoms. The van der Waals surface area contributed by atoms with E-state index in [9.17, 15) is 0 Å². The number of rotatable bonds is 3. The molecule has 3 atom stereocenters. The van der Waals surface area contributed by atoms with Crippen molar-refractivity contribution in [2.24, 2.45) is 5.73 Å². The van der Waals surface area contributed by atoms with Crippen LogP contribution in [0.1, 0.15) is 26.2 Å². The first-order valence-corrected chi connectivity index (χ1v) is 6.80. The minimum Gasteiger partial charge on any atom is -0.378 e. The summed E-state index contributed by atoms with van der Waals surface area (Å²) in [5.41, 5.74) is 6.29. The minimum atomic E-state index is 0.197. The largest absolute Gasteiger partial charge is 0.378 e. The van der Waals surface area contributed by atoms with Crippen molar-refractivity contribution < 1.29 is 4.74 Å². The van der Waals surface area contributed by atoms with Crippen molar-refractivity contribution in [3.05, 3.63) is 0 Å². The quantitative estimate of drug-likeness (QED) is 0.782. The van der Waals surface area contributed by atoms with E-state index in [4.69, 9.17) is 10.5 Å². The molecule has 0 bridgehead atoms. The van der Waals surface area contributed by atoms with E-state index in [-0.39, 0.29) is 5.54 Å². The lowest BCUT2D eigenvalue weighted by Crippen LogP contribution is -2.57. The summed E-state index contributed by atoms with van der Waals surface area (Å²) in [6.45, 7) is 6.15. The average molecular weight is 241 g/mol. The van der Waals surface area contributed by atoms with Gasteiger partial charge in [0.05, 0.1) is 6.10 Å². The van der Waals surface area contributed by atoms with Crippen molar-refractivity contribution in [1.82, 2.24) is 9.80 Å². The van der Waals surface area contributed by atoms with Crippen LogP contribution < -0.4 is 5.73 Å². The highest BCUT2D eigenvalue weighted by atomic mass is 16.5. The molecule has 2 aliphatic rings. The summed E-state index contributed by atoms with van der Waals surface area (Å²) < 4.78 is 5.68. The van der Waals surface area contributed by atoms with Crippen molar-refractivity contribution in [2.45, 2.75) is 43.9 Å². The standard InChI is InChI=1S/C13H27N3O/c1-11-8-13(10-14,5-7-17-11)16-6-4-12(9-16)15(2)3/h11-12H,4-10,14H2,1-3H3. The molecular weight excluding hydrogens is 214 g/mol. The summed E-state index contributed by atoms with van der Waals surface area (Å²) >= 11 is 0. The summed E-state index contributed by atoms with van der Waals surface area (Å²) in [4.78, 5) is 4.96.